The molecule has 2 aliphatic rings. The molecule has 9 nitrogen and oxygen atoms in total. The molecule has 2 heterocycles. The number of nitrogens with one attached hydrogen (secondary N) is 1. The highest BCUT2D eigenvalue weighted by molar-refractivity contribution is 5.71. The molecule has 1 N–H and O–H groups in total. The maximum atomic E-state index is 12.0. The van der Waals surface area contributed by atoms with Gasteiger partial charge in [0.05, 0.1) is 20.3 Å². The Morgan fingerprint density at radius 3 is 2.47 bits per heavy atom. The highest BCUT2D eigenvalue weighted by atomic mass is 16.7. The van der Waals surface area contributed by atoms with Crippen LogP contribution in [0, 0.1) is 0 Å². The Kier molecular flexibility index (Phi) is 6.77. The molecule has 0 bridgehead atoms. The van der Waals surface area contributed by atoms with Crippen LogP contribution in [0.2, 0.25) is 0 Å². The zero-order chi connectivity index (χ0) is 22.5. The van der Waals surface area contributed by atoms with Crippen molar-refractivity contribution >= 4 is 12.1 Å². The van der Waals surface area contributed by atoms with Crippen LogP contribution in [0.15, 0.2) is 54.6 Å². The molecule has 2 saturated heterocycles. The Morgan fingerprint density at radius 2 is 1.78 bits per heavy atom. The first-order valence-electron chi connectivity index (χ1n) is 10.3. The summed E-state index contributed by atoms with van der Waals surface area (Å²) < 4.78 is 34.0. The molecular formula is C23H25NO8. The van der Waals surface area contributed by atoms with E-state index in [-0.39, 0.29) is 6.61 Å². The van der Waals surface area contributed by atoms with Crippen molar-refractivity contribution in [1.29, 1.82) is 0 Å². The van der Waals surface area contributed by atoms with Gasteiger partial charge in [-0.25, -0.2) is 4.79 Å². The van der Waals surface area contributed by atoms with Crippen LogP contribution in [0.4, 0.5) is 4.79 Å². The Morgan fingerprint density at radius 1 is 1.06 bits per heavy atom. The lowest BCUT2D eigenvalue weighted by Crippen LogP contribution is -2.62. The van der Waals surface area contributed by atoms with Gasteiger partial charge in [0, 0.05) is 6.92 Å². The van der Waals surface area contributed by atoms with Gasteiger partial charge in [-0.05, 0) is 29.8 Å². The topological polar surface area (TPSA) is 102 Å². The zero-order valence-corrected chi connectivity index (χ0v) is 17.8. The third-order valence-electron chi connectivity index (χ3n) is 5.18. The second-order valence-corrected chi connectivity index (χ2v) is 7.45. The molecule has 32 heavy (non-hydrogen) atoms. The predicted molar refractivity (Wildman–Crippen MR) is 111 cm³/mol. The van der Waals surface area contributed by atoms with Gasteiger partial charge in [-0.15, -0.1) is 0 Å². The number of hydrogen-bond donors (Lipinski definition) is 1. The van der Waals surface area contributed by atoms with Crippen molar-refractivity contribution in [3.63, 3.8) is 0 Å². The van der Waals surface area contributed by atoms with Crippen LogP contribution in [0.1, 0.15) is 12.5 Å². The maximum Gasteiger partial charge on any atom is 0.408 e. The third kappa shape index (κ3) is 5.12. The number of carbonyl (C=O) groups excluding carboxylic acids is 2. The lowest BCUT2D eigenvalue weighted by Gasteiger charge is -2.41. The number of methoxy groups -OCH3 is 1. The van der Waals surface area contributed by atoms with Crippen molar-refractivity contribution in [2.45, 2.75) is 44.2 Å². The van der Waals surface area contributed by atoms with E-state index in [1.165, 1.54) is 6.92 Å². The molecule has 0 radical (unpaired) electrons. The van der Waals surface area contributed by atoms with Gasteiger partial charge in [-0.3, -0.25) is 4.79 Å². The Hall–Kier alpha value is -3.30. The van der Waals surface area contributed by atoms with Gasteiger partial charge < -0.3 is 33.7 Å². The molecule has 0 aromatic heterocycles. The number of amides is 1. The molecule has 2 aromatic rings. The summed E-state index contributed by atoms with van der Waals surface area (Å²) in [4.78, 5) is 23.7. The summed E-state index contributed by atoms with van der Waals surface area (Å²) in [5.74, 6) is 0.688. The van der Waals surface area contributed by atoms with E-state index in [9.17, 15) is 9.59 Å². The van der Waals surface area contributed by atoms with Crippen LogP contribution in [0.25, 0.3) is 0 Å². The average molecular weight is 443 g/mol. The van der Waals surface area contributed by atoms with Crippen LogP contribution in [-0.4, -0.2) is 56.4 Å². The Labute approximate surface area is 185 Å². The number of carbonyl (C=O) groups is 2. The summed E-state index contributed by atoms with van der Waals surface area (Å²) in [7, 11) is 1.57. The van der Waals surface area contributed by atoms with Crippen LogP contribution < -0.4 is 14.8 Å². The van der Waals surface area contributed by atoms with Crippen molar-refractivity contribution in [3.05, 3.63) is 60.2 Å². The van der Waals surface area contributed by atoms with Crippen molar-refractivity contribution < 1.29 is 38.0 Å². The Balaban J connectivity index is 1.50. The molecule has 1 amide bonds. The standard InChI is InChI=1S/C23H25NO8/c1-14(25)29-20-18(13-28-12-15-6-4-3-5-7-15)31-22(19-21(20)32-23(26)24-19)30-17-10-8-16(27-2)9-11-17/h3-11,18-22H,12-13H2,1-2H3,(H,24,26)/t18-,19-,20-,21-,22-/m1/s1. The largest absolute Gasteiger partial charge is 0.497 e. The minimum Gasteiger partial charge on any atom is -0.497 e. The zero-order valence-electron chi connectivity index (χ0n) is 17.8. The lowest BCUT2D eigenvalue weighted by atomic mass is 9.97. The number of fused-ring (bicyclic) bond motifs is 1. The molecule has 2 aliphatic heterocycles. The van der Waals surface area contributed by atoms with Crippen molar-refractivity contribution in [1.82, 2.24) is 5.32 Å². The summed E-state index contributed by atoms with van der Waals surface area (Å²) in [5.41, 5.74) is 0.991. The summed E-state index contributed by atoms with van der Waals surface area (Å²) in [6.07, 6.45) is -3.84. The Bertz CT molecular complexity index is 919. The minimum absolute atomic E-state index is 0.107. The maximum absolute atomic E-state index is 12.0. The van der Waals surface area contributed by atoms with Gasteiger partial charge in [0.15, 0.2) is 12.2 Å². The quantitative estimate of drug-likeness (QED) is 0.621. The van der Waals surface area contributed by atoms with Gasteiger partial charge in [0.1, 0.15) is 23.6 Å². The first-order chi connectivity index (χ1) is 15.5. The highest BCUT2D eigenvalue weighted by Crippen LogP contribution is 2.32. The molecule has 9 heteroatoms. The van der Waals surface area contributed by atoms with E-state index in [2.05, 4.69) is 5.32 Å². The van der Waals surface area contributed by atoms with E-state index < -0.39 is 42.7 Å². The van der Waals surface area contributed by atoms with Gasteiger partial charge in [-0.1, -0.05) is 30.3 Å². The number of benzene rings is 2. The molecule has 2 aromatic carbocycles. The van der Waals surface area contributed by atoms with E-state index in [0.29, 0.717) is 18.1 Å². The van der Waals surface area contributed by atoms with Crippen LogP contribution in [0.5, 0.6) is 11.5 Å². The normalized spacial score (nSPS) is 26.4. The fourth-order valence-electron chi connectivity index (χ4n) is 3.71. The third-order valence-corrected chi connectivity index (χ3v) is 5.18. The fourth-order valence-corrected chi connectivity index (χ4v) is 3.71. The number of rotatable bonds is 8. The van der Waals surface area contributed by atoms with Crippen molar-refractivity contribution in [2.75, 3.05) is 13.7 Å². The first-order valence-corrected chi connectivity index (χ1v) is 10.3. The molecule has 0 aliphatic carbocycles. The van der Waals surface area contributed by atoms with Gasteiger partial charge in [0.25, 0.3) is 0 Å². The summed E-state index contributed by atoms with van der Waals surface area (Å²) in [6.45, 7) is 1.75. The van der Waals surface area contributed by atoms with Gasteiger partial charge in [0.2, 0.25) is 6.29 Å². The summed E-state index contributed by atoms with van der Waals surface area (Å²) >= 11 is 0. The van der Waals surface area contributed by atoms with Crippen LogP contribution in [0.3, 0.4) is 0 Å². The van der Waals surface area contributed by atoms with Crippen molar-refractivity contribution in [3.8, 4) is 11.5 Å². The second-order valence-electron chi connectivity index (χ2n) is 7.45. The van der Waals surface area contributed by atoms with Crippen LogP contribution in [-0.2, 0) is 30.3 Å². The first kappa shape index (κ1) is 21.9. The molecular weight excluding hydrogens is 418 g/mol. The van der Waals surface area contributed by atoms with Gasteiger partial charge in [-0.2, -0.15) is 0 Å². The molecule has 4 rings (SSSR count). The fraction of sp³-hybridized carbons (Fsp3) is 0.391. The molecule has 0 saturated carbocycles. The predicted octanol–water partition coefficient (Wildman–Crippen LogP) is 2.42. The SMILES string of the molecule is COc1ccc(O[C@@H]2O[C@H](COCc3ccccc3)[C@@H](OC(C)=O)[C@@H]3OC(=O)N[C@@H]23)cc1. The average Bonchev–Trinajstić information content (AvgIpc) is 3.19. The number of hydrogen-bond acceptors (Lipinski definition) is 8. The monoisotopic (exact) mass is 443 g/mol. The van der Waals surface area contributed by atoms with E-state index in [1.807, 2.05) is 30.3 Å². The molecule has 170 valence electrons. The molecule has 0 unspecified atom stereocenters. The highest BCUT2D eigenvalue weighted by Gasteiger charge is 2.55. The summed E-state index contributed by atoms with van der Waals surface area (Å²) in [6, 6.07) is 15.9. The summed E-state index contributed by atoms with van der Waals surface area (Å²) in [5, 5.41) is 2.69. The van der Waals surface area contributed by atoms with E-state index in [4.69, 9.17) is 28.4 Å². The van der Waals surface area contributed by atoms with E-state index >= 15 is 0 Å². The molecule has 2 fully saturated rings. The van der Waals surface area contributed by atoms with Crippen molar-refractivity contribution in [2.24, 2.45) is 0 Å². The smallest absolute Gasteiger partial charge is 0.408 e. The number of esters is 1. The molecule has 0 spiro atoms. The lowest BCUT2D eigenvalue weighted by molar-refractivity contribution is -0.242. The van der Waals surface area contributed by atoms with E-state index in [0.717, 1.165) is 5.56 Å². The van der Waals surface area contributed by atoms with Gasteiger partial charge >= 0.3 is 12.1 Å². The second kappa shape index (κ2) is 9.88. The van der Waals surface area contributed by atoms with E-state index in [1.54, 1.807) is 31.4 Å². The molecule has 5 atom stereocenters. The number of ether oxygens (including phenoxy) is 6. The minimum atomic E-state index is -0.878. The number of alkyl carbamates (subject to hydrolysis) is 1. The van der Waals surface area contributed by atoms with Crippen LogP contribution >= 0.6 is 0 Å².